The monoisotopic (exact) mass is 260 g/mol. The molecule has 1 aromatic rings. The van der Waals surface area contributed by atoms with Gasteiger partial charge in [-0.1, -0.05) is 29.3 Å². The smallest absolute Gasteiger partial charge is 0.252 e. The fourth-order valence-electron chi connectivity index (χ4n) is 0.983. The molecule has 3 nitrogen and oxygen atoms in total. The van der Waals surface area contributed by atoms with Gasteiger partial charge in [-0.2, -0.15) is 5.26 Å². The number of hydrogen-bond donors (Lipinski definition) is 2. The van der Waals surface area contributed by atoms with E-state index in [9.17, 15) is 4.79 Å². The van der Waals surface area contributed by atoms with Crippen LogP contribution in [0.3, 0.4) is 0 Å². The molecule has 0 bridgehead atoms. The van der Waals surface area contributed by atoms with Crippen molar-refractivity contribution >= 4 is 41.7 Å². The van der Waals surface area contributed by atoms with Crippen molar-refractivity contribution in [3.8, 4) is 6.07 Å². The van der Waals surface area contributed by atoms with Crippen molar-refractivity contribution in [2.45, 2.75) is 4.75 Å². The molecule has 6 heteroatoms. The number of hydrogen-bond acceptors (Lipinski definition) is 3. The number of halogens is 2. The van der Waals surface area contributed by atoms with E-state index in [1.54, 1.807) is 6.07 Å². The van der Waals surface area contributed by atoms with Crippen molar-refractivity contribution in [1.29, 1.82) is 5.26 Å². The molecule has 1 atom stereocenters. The lowest BCUT2D eigenvalue weighted by atomic mass is 9.99. The van der Waals surface area contributed by atoms with Crippen molar-refractivity contribution in [2.75, 3.05) is 0 Å². The maximum atomic E-state index is 11.1. The number of amides is 1. The van der Waals surface area contributed by atoms with Gasteiger partial charge in [0.1, 0.15) is 0 Å². The lowest BCUT2D eigenvalue weighted by molar-refractivity contribution is -0.119. The molecule has 0 aliphatic heterocycles. The minimum atomic E-state index is -1.69. The molecule has 2 N–H and O–H groups in total. The van der Waals surface area contributed by atoms with E-state index in [1.807, 2.05) is 0 Å². The van der Waals surface area contributed by atoms with E-state index < -0.39 is 10.7 Å². The number of carbonyl (C=O) groups excluding carboxylic acids is 1. The first-order chi connectivity index (χ1) is 6.91. The van der Waals surface area contributed by atoms with Gasteiger partial charge in [0.05, 0.1) is 16.1 Å². The van der Waals surface area contributed by atoms with Crippen LogP contribution in [0.25, 0.3) is 0 Å². The van der Waals surface area contributed by atoms with E-state index in [0.717, 1.165) is 0 Å². The van der Waals surface area contributed by atoms with E-state index in [1.165, 1.54) is 18.2 Å². The molecule has 0 radical (unpaired) electrons. The number of benzene rings is 1. The zero-order valence-corrected chi connectivity index (χ0v) is 9.77. The minimum Gasteiger partial charge on any atom is -0.367 e. The van der Waals surface area contributed by atoms with E-state index in [2.05, 4.69) is 12.6 Å². The average molecular weight is 261 g/mol. The Bertz CT molecular complexity index is 458. The number of nitrogens with two attached hydrogens (primary N) is 1. The summed E-state index contributed by atoms with van der Waals surface area (Å²) in [6, 6.07) is 6.08. The van der Waals surface area contributed by atoms with Gasteiger partial charge in [0, 0.05) is 0 Å². The summed E-state index contributed by atoms with van der Waals surface area (Å²) in [6.07, 6.45) is 0. The number of primary amides is 1. The first-order valence-electron chi connectivity index (χ1n) is 3.81. The second kappa shape index (κ2) is 4.31. The predicted octanol–water partition coefficient (Wildman–Crippen LogP) is 2.13. The Morgan fingerprint density at radius 2 is 2.07 bits per heavy atom. The Kier molecular flexibility index (Phi) is 3.50. The zero-order valence-electron chi connectivity index (χ0n) is 7.37. The highest BCUT2D eigenvalue weighted by molar-refractivity contribution is 7.82. The normalized spacial score (nSPS) is 14.0. The molecule has 0 saturated heterocycles. The van der Waals surface area contributed by atoms with Crippen LogP contribution in [0.5, 0.6) is 0 Å². The summed E-state index contributed by atoms with van der Waals surface area (Å²) in [5.41, 5.74) is 5.39. The fourth-order valence-corrected chi connectivity index (χ4v) is 1.42. The first kappa shape index (κ1) is 12.2. The van der Waals surface area contributed by atoms with Crippen LogP contribution in [-0.4, -0.2) is 5.91 Å². The highest BCUT2D eigenvalue weighted by atomic mass is 35.5. The second-order valence-corrected chi connectivity index (χ2v) is 4.30. The molecule has 0 aliphatic rings. The van der Waals surface area contributed by atoms with Crippen LogP contribution < -0.4 is 5.73 Å². The van der Waals surface area contributed by atoms with Gasteiger partial charge in [0.25, 0.3) is 5.91 Å². The quantitative estimate of drug-likeness (QED) is 0.801. The minimum absolute atomic E-state index is 0.240. The molecule has 0 saturated carbocycles. The Morgan fingerprint density at radius 1 is 1.47 bits per heavy atom. The SMILES string of the molecule is N#CC(S)(C(N)=O)c1ccc(Cl)c(Cl)c1. The van der Waals surface area contributed by atoms with Crippen LogP contribution in [0.1, 0.15) is 5.56 Å². The molecule has 0 spiro atoms. The molecule has 78 valence electrons. The molecular formula is C9H6Cl2N2OS. The maximum absolute atomic E-state index is 11.1. The van der Waals surface area contributed by atoms with Crippen molar-refractivity contribution < 1.29 is 4.79 Å². The van der Waals surface area contributed by atoms with Crippen LogP contribution in [0.4, 0.5) is 0 Å². The molecule has 1 rings (SSSR count). The van der Waals surface area contributed by atoms with Gasteiger partial charge in [-0.15, -0.1) is 12.6 Å². The number of rotatable bonds is 2. The molecule has 1 unspecified atom stereocenters. The lowest BCUT2D eigenvalue weighted by Crippen LogP contribution is -2.34. The molecule has 0 fully saturated rings. The summed E-state index contributed by atoms with van der Waals surface area (Å²) < 4.78 is -1.69. The number of carbonyl (C=O) groups is 1. The van der Waals surface area contributed by atoms with E-state index in [-0.39, 0.29) is 5.02 Å². The van der Waals surface area contributed by atoms with E-state index in [0.29, 0.717) is 10.6 Å². The molecule has 0 aromatic heterocycles. The van der Waals surface area contributed by atoms with Crippen molar-refractivity contribution in [1.82, 2.24) is 0 Å². The van der Waals surface area contributed by atoms with Gasteiger partial charge in [0.2, 0.25) is 4.75 Å². The molecule has 1 amide bonds. The first-order valence-corrected chi connectivity index (χ1v) is 5.01. The predicted molar refractivity (Wildman–Crippen MR) is 61.9 cm³/mol. The summed E-state index contributed by atoms with van der Waals surface area (Å²) in [5, 5.41) is 9.44. The van der Waals surface area contributed by atoms with Crippen LogP contribution in [0.2, 0.25) is 10.0 Å². The highest BCUT2D eigenvalue weighted by Crippen LogP contribution is 2.32. The van der Waals surface area contributed by atoms with Crippen LogP contribution in [0.15, 0.2) is 18.2 Å². The molecule has 0 aliphatic carbocycles. The zero-order chi connectivity index (χ0) is 11.6. The number of nitrogens with zero attached hydrogens (tertiary/aromatic N) is 1. The van der Waals surface area contributed by atoms with E-state index >= 15 is 0 Å². The largest absolute Gasteiger partial charge is 0.367 e. The Hall–Kier alpha value is -0.890. The fraction of sp³-hybridized carbons (Fsp3) is 0.111. The Labute approximate surface area is 102 Å². The molecule has 0 heterocycles. The number of thiol groups is 1. The van der Waals surface area contributed by atoms with Crippen LogP contribution >= 0.6 is 35.8 Å². The standard InChI is InChI=1S/C9H6Cl2N2OS/c10-6-2-1-5(3-7(6)11)9(15,4-12)8(13)14/h1-3,15H,(H2,13,14). The van der Waals surface area contributed by atoms with Crippen molar-refractivity contribution in [3.05, 3.63) is 33.8 Å². The Balaban J connectivity index is 3.33. The molecular weight excluding hydrogens is 255 g/mol. The topological polar surface area (TPSA) is 66.9 Å². The van der Waals surface area contributed by atoms with Gasteiger partial charge in [-0.05, 0) is 17.7 Å². The van der Waals surface area contributed by atoms with Gasteiger partial charge in [-0.3, -0.25) is 4.79 Å². The van der Waals surface area contributed by atoms with E-state index in [4.69, 9.17) is 34.2 Å². The van der Waals surface area contributed by atoms with Gasteiger partial charge < -0.3 is 5.73 Å². The molecule has 15 heavy (non-hydrogen) atoms. The Morgan fingerprint density at radius 3 is 2.47 bits per heavy atom. The van der Waals surface area contributed by atoms with Gasteiger partial charge in [0.15, 0.2) is 0 Å². The van der Waals surface area contributed by atoms with Crippen molar-refractivity contribution in [3.63, 3.8) is 0 Å². The second-order valence-electron chi connectivity index (χ2n) is 2.82. The maximum Gasteiger partial charge on any atom is 0.252 e. The van der Waals surface area contributed by atoms with Crippen LogP contribution in [-0.2, 0) is 9.54 Å². The lowest BCUT2D eigenvalue weighted by Gasteiger charge is -2.17. The third-order valence-corrected chi connectivity index (χ3v) is 3.17. The van der Waals surface area contributed by atoms with Gasteiger partial charge >= 0.3 is 0 Å². The van der Waals surface area contributed by atoms with Crippen LogP contribution in [0, 0.1) is 11.3 Å². The molecule has 1 aromatic carbocycles. The van der Waals surface area contributed by atoms with Crippen molar-refractivity contribution in [2.24, 2.45) is 5.73 Å². The number of nitriles is 1. The van der Waals surface area contributed by atoms with Gasteiger partial charge in [-0.25, -0.2) is 0 Å². The highest BCUT2D eigenvalue weighted by Gasteiger charge is 2.35. The summed E-state index contributed by atoms with van der Waals surface area (Å²) in [5.74, 6) is -0.855. The third-order valence-electron chi connectivity index (χ3n) is 1.86. The summed E-state index contributed by atoms with van der Waals surface area (Å²) in [4.78, 5) is 11.1. The summed E-state index contributed by atoms with van der Waals surface area (Å²) in [7, 11) is 0. The average Bonchev–Trinajstić information content (AvgIpc) is 2.20. The summed E-state index contributed by atoms with van der Waals surface area (Å²) >= 11 is 15.4. The summed E-state index contributed by atoms with van der Waals surface area (Å²) in [6.45, 7) is 0. The third kappa shape index (κ3) is 2.20.